The topological polar surface area (TPSA) is 94.5 Å². The van der Waals surface area contributed by atoms with Crippen molar-refractivity contribution in [3.8, 4) is 11.6 Å². The molecular weight excluding hydrogens is 449 g/mol. The molecule has 10 heteroatoms. The molecule has 2 aromatic heterocycles. The predicted octanol–water partition coefficient (Wildman–Crippen LogP) is 3.98. The number of alkyl halides is 1. The summed E-state index contributed by atoms with van der Waals surface area (Å²) in [7, 11) is 0. The average Bonchev–Trinajstić information content (AvgIpc) is 3.05. The lowest BCUT2D eigenvalue weighted by molar-refractivity contribution is 0.0965. The van der Waals surface area contributed by atoms with Crippen molar-refractivity contribution in [3.05, 3.63) is 46.1 Å². The third-order valence-corrected chi connectivity index (χ3v) is 5.29. The molecule has 3 aromatic rings. The van der Waals surface area contributed by atoms with Gasteiger partial charge in [-0.25, -0.2) is 9.07 Å². The Morgan fingerprint density at radius 3 is 2.42 bits per heavy atom. The molecule has 0 atom stereocenters. The Balaban J connectivity index is 0.00000385. The van der Waals surface area contributed by atoms with Crippen molar-refractivity contribution >= 4 is 23.8 Å². The molecule has 2 heterocycles. The van der Waals surface area contributed by atoms with Crippen molar-refractivity contribution in [2.45, 2.75) is 53.5 Å². The van der Waals surface area contributed by atoms with E-state index >= 15 is 0 Å². The summed E-state index contributed by atoms with van der Waals surface area (Å²) in [6.45, 7) is 11.3. The Kier molecular flexibility index (Phi) is 8.24. The molecule has 0 aliphatic carbocycles. The standard InChI is InChI=1S/C23H30FN5O3.ClH/c1-7-31-21-15(3)14(2)20-26-28(22(25)29(20)27-21)13-19(30)16-10-17(23(4,5)6)12-18(11-16)32-9-8-24;/h10-12,25H,7-9,13H2,1-6H3;1H. The number of hydrogen-bond donors (Lipinski definition) is 1. The number of ketones is 1. The van der Waals surface area contributed by atoms with Gasteiger partial charge >= 0.3 is 0 Å². The predicted molar refractivity (Wildman–Crippen MR) is 126 cm³/mol. The van der Waals surface area contributed by atoms with Crippen LogP contribution in [0.15, 0.2) is 18.2 Å². The summed E-state index contributed by atoms with van der Waals surface area (Å²) in [5.74, 6) is 0.649. The zero-order chi connectivity index (χ0) is 23.6. The van der Waals surface area contributed by atoms with E-state index in [0.29, 0.717) is 29.4 Å². The molecule has 0 unspecified atom stereocenters. The van der Waals surface area contributed by atoms with Gasteiger partial charge in [0.2, 0.25) is 11.5 Å². The number of ether oxygens (including phenoxy) is 2. The minimum Gasteiger partial charge on any atom is -0.491 e. The zero-order valence-corrected chi connectivity index (χ0v) is 20.7. The first-order valence-corrected chi connectivity index (χ1v) is 10.6. The summed E-state index contributed by atoms with van der Waals surface area (Å²) in [5, 5.41) is 17.3. The first-order valence-electron chi connectivity index (χ1n) is 10.6. The zero-order valence-electron chi connectivity index (χ0n) is 19.9. The van der Waals surface area contributed by atoms with Crippen LogP contribution in [-0.4, -0.2) is 45.1 Å². The smallest absolute Gasteiger partial charge is 0.242 e. The summed E-state index contributed by atoms with van der Waals surface area (Å²) in [5.41, 5.74) is 3.24. The van der Waals surface area contributed by atoms with E-state index in [1.807, 2.05) is 53.7 Å². The number of benzene rings is 1. The molecule has 0 spiro atoms. The Bertz CT molecular complexity index is 1210. The van der Waals surface area contributed by atoms with E-state index in [2.05, 4.69) is 10.2 Å². The summed E-state index contributed by atoms with van der Waals surface area (Å²) in [6.07, 6.45) is 0. The van der Waals surface area contributed by atoms with Crippen molar-refractivity contribution in [2.75, 3.05) is 19.9 Å². The molecule has 0 saturated heterocycles. The van der Waals surface area contributed by atoms with E-state index in [1.54, 1.807) is 6.07 Å². The van der Waals surface area contributed by atoms with Crippen molar-refractivity contribution in [1.82, 2.24) is 19.4 Å². The van der Waals surface area contributed by atoms with Gasteiger partial charge in [-0.05, 0) is 49.9 Å². The number of nitrogens with one attached hydrogen (secondary N) is 1. The van der Waals surface area contributed by atoms with Crippen LogP contribution in [0.5, 0.6) is 11.6 Å². The number of halogens is 2. The maximum absolute atomic E-state index is 13.1. The molecule has 0 bridgehead atoms. The lowest BCUT2D eigenvalue weighted by atomic mass is 9.85. The third-order valence-electron chi connectivity index (χ3n) is 5.29. The van der Waals surface area contributed by atoms with Gasteiger partial charge in [-0.3, -0.25) is 10.2 Å². The maximum Gasteiger partial charge on any atom is 0.242 e. The van der Waals surface area contributed by atoms with E-state index in [4.69, 9.17) is 14.9 Å². The second-order valence-electron chi connectivity index (χ2n) is 8.66. The van der Waals surface area contributed by atoms with Crippen LogP contribution in [0.4, 0.5) is 4.39 Å². The van der Waals surface area contributed by atoms with Crippen LogP contribution in [0.1, 0.15) is 54.7 Å². The van der Waals surface area contributed by atoms with Gasteiger partial charge in [0.25, 0.3) is 0 Å². The summed E-state index contributed by atoms with van der Waals surface area (Å²) < 4.78 is 26.3. The number of aryl methyl sites for hydroxylation is 1. The molecule has 33 heavy (non-hydrogen) atoms. The Labute approximate surface area is 198 Å². The Morgan fingerprint density at radius 2 is 1.82 bits per heavy atom. The van der Waals surface area contributed by atoms with Gasteiger partial charge in [0.15, 0.2) is 11.4 Å². The lowest BCUT2D eigenvalue weighted by Crippen LogP contribution is -2.26. The minimum atomic E-state index is -0.613. The number of aromatic nitrogens is 4. The summed E-state index contributed by atoms with van der Waals surface area (Å²) >= 11 is 0. The quantitative estimate of drug-likeness (QED) is 0.493. The van der Waals surface area contributed by atoms with Crippen LogP contribution in [0.3, 0.4) is 0 Å². The fourth-order valence-electron chi connectivity index (χ4n) is 3.28. The van der Waals surface area contributed by atoms with E-state index in [0.717, 1.165) is 16.7 Å². The lowest BCUT2D eigenvalue weighted by Gasteiger charge is -2.21. The van der Waals surface area contributed by atoms with Crippen LogP contribution < -0.4 is 15.1 Å². The van der Waals surface area contributed by atoms with Crippen LogP contribution in [0.25, 0.3) is 5.65 Å². The number of nitrogens with zero attached hydrogens (tertiary/aromatic N) is 4. The number of fused-ring (bicyclic) bond motifs is 1. The Morgan fingerprint density at radius 1 is 1.12 bits per heavy atom. The summed E-state index contributed by atoms with van der Waals surface area (Å²) in [4.78, 5) is 13.1. The Hall–Kier alpha value is -2.94. The molecule has 0 saturated carbocycles. The number of Topliss-reactive ketones (excluding diaryl/α,β-unsaturated/α-hetero) is 1. The van der Waals surface area contributed by atoms with Gasteiger partial charge in [-0.1, -0.05) is 20.8 Å². The van der Waals surface area contributed by atoms with Gasteiger partial charge in [-0.2, -0.15) is 4.52 Å². The molecule has 0 aliphatic rings. The second-order valence-corrected chi connectivity index (χ2v) is 8.66. The number of carbonyl (C=O) groups is 1. The molecule has 0 fully saturated rings. The van der Waals surface area contributed by atoms with Gasteiger partial charge in [-0.15, -0.1) is 22.6 Å². The van der Waals surface area contributed by atoms with Gasteiger partial charge in [0, 0.05) is 16.7 Å². The maximum atomic E-state index is 13.1. The molecular formula is C23H31ClFN5O3. The van der Waals surface area contributed by atoms with Crippen LogP contribution in [0, 0.1) is 19.3 Å². The first kappa shape index (κ1) is 26.3. The second kappa shape index (κ2) is 10.3. The van der Waals surface area contributed by atoms with E-state index in [-0.39, 0.29) is 42.4 Å². The first-order chi connectivity index (χ1) is 15.1. The van der Waals surface area contributed by atoms with Crippen LogP contribution in [0.2, 0.25) is 0 Å². The highest BCUT2D eigenvalue weighted by atomic mass is 35.5. The van der Waals surface area contributed by atoms with Gasteiger partial charge < -0.3 is 9.47 Å². The van der Waals surface area contributed by atoms with Crippen LogP contribution >= 0.6 is 12.4 Å². The molecule has 1 aromatic carbocycles. The molecule has 0 radical (unpaired) electrons. The average molecular weight is 480 g/mol. The number of carbonyl (C=O) groups excluding carboxylic acids is 1. The van der Waals surface area contributed by atoms with Gasteiger partial charge in [0.05, 0.1) is 6.61 Å². The highest BCUT2D eigenvalue weighted by Crippen LogP contribution is 2.28. The fourth-order valence-corrected chi connectivity index (χ4v) is 3.28. The van der Waals surface area contributed by atoms with E-state index < -0.39 is 6.67 Å². The number of rotatable bonds is 8. The fraction of sp³-hybridized carbons (Fsp3) is 0.478. The van der Waals surface area contributed by atoms with Crippen LogP contribution in [-0.2, 0) is 12.0 Å². The highest BCUT2D eigenvalue weighted by Gasteiger charge is 2.20. The molecule has 180 valence electrons. The molecule has 8 nitrogen and oxygen atoms in total. The monoisotopic (exact) mass is 479 g/mol. The largest absolute Gasteiger partial charge is 0.491 e. The SMILES string of the molecule is CCOc1nn2c(=N)n(CC(=O)c3cc(OCCF)cc(C(C)(C)C)c3)nc2c(C)c1C.Cl. The van der Waals surface area contributed by atoms with Crippen molar-refractivity contribution in [1.29, 1.82) is 5.41 Å². The molecule has 0 amide bonds. The summed E-state index contributed by atoms with van der Waals surface area (Å²) in [6, 6.07) is 5.24. The third kappa shape index (κ3) is 5.52. The van der Waals surface area contributed by atoms with Crippen molar-refractivity contribution < 1.29 is 18.7 Å². The van der Waals surface area contributed by atoms with E-state index in [1.165, 1.54) is 9.20 Å². The molecule has 3 rings (SSSR count). The highest BCUT2D eigenvalue weighted by molar-refractivity contribution is 5.96. The van der Waals surface area contributed by atoms with Crippen molar-refractivity contribution in [2.24, 2.45) is 0 Å². The number of hydrogen-bond acceptors (Lipinski definition) is 6. The molecule has 1 N–H and O–H groups in total. The van der Waals surface area contributed by atoms with Gasteiger partial charge in [0.1, 0.15) is 25.6 Å². The molecule has 0 aliphatic heterocycles. The minimum absolute atomic E-state index is 0. The normalized spacial score (nSPS) is 11.4. The van der Waals surface area contributed by atoms with Crippen molar-refractivity contribution in [3.63, 3.8) is 0 Å². The van der Waals surface area contributed by atoms with E-state index in [9.17, 15) is 9.18 Å².